The summed E-state index contributed by atoms with van der Waals surface area (Å²) in [6, 6.07) is 0. The average molecular weight is 194 g/mol. The molecule has 52 valence electrons. The summed E-state index contributed by atoms with van der Waals surface area (Å²) < 4.78 is 56.0. The molecule has 9 heavy (non-hydrogen) atoms. The summed E-state index contributed by atoms with van der Waals surface area (Å²) in [6.07, 6.45) is 0. The van der Waals surface area contributed by atoms with Crippen LogP contribution in [0.15, 0.2) is 0 Å². The molecule has 0 heterocycles. The third kappa shape index (κ3) is 2.34. The zero-order chi connectivity index (χ0) is 7.71. The molecule has 0 atom stereocenters. The van der Waals surface area contributed by atoms with E-state index in [9.17, 15) is 21.6 Å². The van der Waals surface area contributed by atoms with E-state index in [1.165, 1.54) is 0 Å². The van der Waals surface area contributed by atoms with Gasteiger partial charge in [-0.15, -0.1) is 0 Å². The molecule has 0 unspecified atom stereocenters. The van der Waals surface area contributed by atoms with Gasteiger partial charge in [0.05, 0.1) is 0 Å². The van der Waals surface area contributed by atoms with Gasteiger partial charge in [0.2, 0.25) is 0 Å². The fraction of sp³-hybridized carbons (Fsp3) is 1.00. The summed E-state index contributed by atoms with van der Waals surface area (Å²) in [6.45, 7) is 0. The molecule has 0 aromatic rings. The molecule has 0 N–H and O–H groups in total. The minimum atomic E-state index is -5.31. The Morgan fingerprint density at radius 3 is 1.67 bits per heavy atom. The van der Waals surface area contributed by atoms with Crippen molar-refractivity contribution in [1.29, 1.82) is 0 Å². The van der Waals surface area contributed by atoms with E-state index in [0.29, 0.717) is 0 Å². The van der Waals surface area contributed by atoms with Crippen LogP contribution >= 0.6 is 0 Å². The third-order valence-electron chi connectivity index (χ3n) is 0.410. The van der Waals surface area contributed by atoms with E-state index in [1.54, 1.807) is 0 Å². The van der Waals surface area contributed by atoms with Gasteiger partial charge in [0, 0.05) is 0 Å². The Bertz CT molecular complexity index is 180. The molecule has 0 aromatic heterocycles. The van der Waals surface area contributed by atoms with Gasteiger partial charge in [-0.2, -0.15) is 0 Å². The summed E-state index contributed by atoms with van der Waals surface area (Å²) in [4.78, 5) is 0. The van der Waals surface area contributed by atoms with Gasteiger partial charge in [0.1, 0.15) is 0 Å². The van der Waals surface area contributed by atoms with Gasteiger partial charge in [0.25, 0.3) is 0 Å². The molecule has 0 spiro atoms. The molecular weight excluding hydrogens is 194 g/mol. The van der Waals surface area contributed by atoms with Gasteiger partial charge in [-0.3, -0.25) is 0 Å². The minimum absolute atomic E-state index is 0.0301. The second kappa shape index (κ2) is 2.67. The van der Waals surface area contributed by atoms with Crippen LogP contribution in [0.1, 0.15) is 0 Å². The quantitative estimate of drug-likeness (QED) is 0.564. The van der Waals surface area contributed by atoms with Crippen LogP contribution in [0.25, 0.3) is 0 Å². The standard InChI is InChI=1S/CHF3O3S.Sc/c2-1(3,4)8(5,6)7;/h(H,5,6,7);/q;+1/p-1. The van der Waals surface area contributed by atoms with Crippen LogP contribution in [0.3, 0.4) is 0 Å². The Hall–Kier alpha value is 0.570. The molecule has 3 nitrogen and oxygen atoms in total. The van der Waals surface area contributed by atoms with Crippen LogP contribution in [0.4, 0.5) is 13.2 Å². The van der Waals surface area contributed by atoms with Crippen molar-refractivity contribution < 1.29 is 48.7 Å². The van der Waals surface area contributed by atoms with E-state index < -0.39 is 15.6 Å². The van der Waals surface area contributed by atoms with E-state index >= 15 is 0 Å². The van der Waals surface area contributed by atoms with Gasteiger partial charge in [-0.1, -0.05) is 0 Å². The second-order valence-corrected chi connectivity index (χ2v) is 3.46. The molecular formula is CF3O3SSc. The van der Waals surface area contributed by atoms with Crippen molar-refractivity contribution in [2.24, 2.45) is 0 Å². The summed E-state index contributed by atoms with van der Waals surface area (Å²) in [5.74, 6) is 0. The topological polar surface area (TPSA) is 43.4 Å². The van der Waals surface area contributed by atoms with Gasteiger partial charge in [-0.25, -0.2) is 0 Å². The molecule has 0 aliphatic heterocycles. The molecule has 0 bridgehead atoms. The number of halogens is 3. The maximum atomic E-state index is 11.1. The fourth-order valence-electron chi connectivity index (χ4n) is 0.0546. The molecule has 0 aliphatic carbocycles. The first-order valence-electron chi connectivity index (χ1n) is 1.51. The van der Waals surface area contributed by atoms with Crippen LogP contribution < -0.4 is 0 Å². The van der Waals surface area contributed by atoms with Crippen molar-refractivity contribution in [3.8, 4) is 0 Å². The number of alkyl halides is 3. The predicted molar refractivity (Wildman–Crippen MR) is 16.1 cm³/mol. The number of rotatable bonds is 1. The van der Waals surface area contributed by atoms with Gasteiger partial charge < -0.3 is 0 Å². The van der Waals surface area contributed by atoms with Crippen LogP contribution in [0.5, 0.6) is 0 Å². The molecule has 0 saturated carbocycles. The van der Waals surface area contributed by atoms with Crippen LogP contribution in [-0.2, 0) is 37.2 Å². The van der Waals surface area contributed by atoms with Crippen molar-refractivity contribution in [1.82, 2.24) is 0 Å². The number of hydrogen-bond donors (Lipinski definition) is 0. The van der Waals surface area contributed by atoms with Crippen LogP contribution in [0.2, 0.25) is 0 Å². The van der Waals surface area contributed by atoms with Crippen molar-refractivity contribution in [3.63, 3.8) is 0 Å². The summed E-state index contributed by atoms with van der Waals surface area (Å²) in [7, 11) is -5.31. The van der Waals surface area contributed by atoms with Crippen molar-refractivity contribution in [2.45, 2.75) is 5.51 Å². The normalized spacial score (nSPS) is 13.6. The summed E-state index contributed by atoms with van der Waals surface area (Å²) >= 11 is 0.0301. The van der Waals surface area contributed by atoms with Crippen LogP contribution in [0, 0.1) is 0 Å². The Morgan fingerprint density at radius 2 is 1.67 bits per heavy atom. The molecule has 0 aliphatic rings. The molecule has 0 aromatic carbocycles. The zero-order valence-corrected chi connectivity index (χ0v) is 6.46. The SMILES string of the molecule is O=S(=O)([O][Sc])C(F)(F)F. The fourth-order valence-corrected chi connectivity index (χ4v) is 0.675. The Balaban J connectivity index is 4.57. The Kier molecular flexibility index (Phi) is 2.84. The second-order valence-electron chi connectivity index (χ2n) is 0.996. The van der Waals surface area contributed by atoms with E-state index in [0.717, 1.165) is 0 Å². The first-order chi connectivity index (χ1) is 3.81. The summed E-state index contributed by atoms with van der Waals surface area (Å²) in [5, 5.41) is 0. The van der Waals surface area contributed by atoms with Crippen molar-refractivity contribution >= 4 is 10.1 Å². The van der Waals surface area contributed by atoms with Gasteiger partial charge >= 0.3 is 64.3 Å². The number of hydrogen-bond acceptors (Lipinski definition) is 3. The zero-order valence-electron chi connectivity index (χ0n) is 3.84. The Labute approximate surface area is 64.5 Å². The van der Waals surface area contributed by atoms with Crippen LogP contribution in [-0.4, -0.2) is 13.9 Å². The maximum absolute atomic E-state index is 11.1. The average Bonchev–Trinajstić information content (AvgIpc) is 1.64. The van der Waals surface area contributed by atoms with E-state index in [1.807, 2.05) is 0 Å². The molecule has 8 heteroatoms. The first kappa shape index (κ1) is 9.57. The predicted octanol–water partition coefficient (Wildman–Crippen LogP) is 0.314. The molecule has 0 fully saturated rings. The van der Waals surface area contributed by atoms with Gasteiger partial charge in [0.15, 0.2) is 0 Å². The molecule has 0 saturated heterocycles. The molecule has 0 radical (unpaired) electrons. The third-order valence-corrected chi connectivity index (χ3v) is 2.42. The Morgan fingerprint density at radius 1 is 1.33 bits per heavy atom. The van der Waals surface area contributed by atoms with E-state index in [2.05, 4.69) is 2.30 Å². The van der Waals surface area contributed by atoms with Crippen molar-refractivity contribution in [2.75, 3.05) is 0 Å². The van der Waals surface area contributed by atoms with Crippen molar-refractivity contribution in [3.05, 3.63) is 0 Å². The summed E-state index contributed by atoms with van der Waals surface area (Å²) in [5.41, 5.74) is -5.29. The molecule has 0 amide bonds. The van der Waals surface area contributed by atoms with E-state index in [-0.39, 0.29) is 24.8 Å². The monoisotopic (exact) mass is 194 g/mol. The first-order valence-corrected chi connectivity index (χ1v) is 3.65. The molecule has 0 rings (SSSR count). The van der Waals surface area contributed by atoms with E-state index in [4.69, 9.17) is 0 Å². The van der Waals surface area contributed by atoms with Gasteiger partial charge in [-0.05, 0) is 0 Å².